The molecule has 1 heterocycles. The first-order valence-corrected chi connectivity index (χ1v) is 8.97. The number of thioether (sulfide) groups is 1. The van der Waals surface area contributed by atoms with Crippen LogP contribution in [-0.2, 0) is 0 Å². The molecule has 20 heavy (non-hydrogen) atoms. The van der Waals surface area contributed by atoms with Gasteiger partial charge in [-0.2, -0.15) is 0 Å². The quantitative estimate of drug-likeness (QED) is 0.844. The van der Waals surface area contributed by atoms with E-state index in [9.17, 15) is 0 Å². The number of benzene rings is 1. The zero-order valence-corrected chi connectivity index (χ0v) is 13.8. The van der Waals surface area contributed by atoms with Crippen LogP contribution in [0, 0.1) is 11.3 Å². The first-order chi connectivity index (χ1) is 9.54. The predicted molar refractivity (Wildman–Crippen MR) is 88.5 cm³/mol. The van der Waals surface area contributed by atoms with Gasteiger partial charge in [-0.25, -0.2) is 0 Å². The van der Waals surface area contributed by atoms with Crippen LogP contribution in [0.2, 0.25) is 0 Å². The summed E-state index contributed by atoms with van der Waals surface area (Å²) in [5.74, 6) is 2.79. The molecule has 110 valence electrons. The minimum atomic E-state index is 0.393. The van der Waals surface area contributed by atoms with Crippen LogP contribution >= 0.6 is 11.8 Å². The molecule has 0 bridgehead atoms. The van der Waals surface area contributed by atoms with Crippen molar-refractivity contribution >= 4 is 11.8 Å². The molecule has 1 aliphatic carbocycles. The Morgan fingerprint density at radius 1 is 1.25 bits per heavy atom. The van der Waals surface area contributed by atoms with Gasteiger partial charge in [0.1, 0.15) is 0 Å². The number of nitrogens with one attached hydrogen (secondary N) is 1. The van der Waals surface area contributed by atoms with Gasteiger partial charge < -0.3 is 5.32 Å². The Labute approximate surface area is 127 Å². The van der Waals surface area contributed by atoms with Gasteiger partial charge in [0.25, 0.3) is 0 Å². The van der Waals surface area contributed by atoms with Crippen LogP contribution in [0.25, 0.3) is 0 Å². The maximum absolute atomic E-state index is 3.75. The average molecular weight is 289 g/mol. The van der Waals surface area contributed by atoms with Crippen molar-refractivity contribution in [2.75, 3.05) is 12.3 Å². The van der Waals surface area contributed by atoms with Gasteiger partial charge in [0.15, 0.2) is 0 Å². The minimum absolute atomic E-state index is 0.393. The lowest BCUT2D eigenvalue weighted by Gasteiger charge is -2.33. The third kappa shape index (κ3) is 3.40. The van der Waals surface area contributed by atoms with E-state index in [0.717, 1.165) is 17.9 Å². The molecular weight excluding hydrogens is 262 g/mol. The van der Waals surface area contributed by atoms with Gasteiger partial charge >= 0.3 is 0 Å². The van der Waals surface area contributed by atoms with Crippen LogP contribution < -0.4 is 5.32 Å². The van der Waals surface area contributed by atoms with E-state index in [1.54, 1.807) is 5.56 Å². The first-order valence-electron chi connectivity index (χ1n) is 7.99. The molecular formula is C18H27NS. The second-order valence-corrected chi connectivity index (χ2v) is 8.59. The average Bonchev–Trinajstić information content (AvgIpc) is 3.14. The fourth-order valence-corrected chi connectivity index (χ4v) is 4.38. The lowest BCUT2D eigenvalue weighted by Crippen LogP contribution is -2.34. The second-order valence-electron chi connectivity index (χ2n) is 7.53. The summed E-state index contributed by atoms with van der Waals surface area (Å²) in [5.41, 5.74) is 1.99. The maximum Gasteiger partial charge on any atom is 0.0107 e. The highest BCUT2D eigenvalue weighted by Crippen LogP contribution is 2.44. The third-order valence-electron chi connectivity index (χ3n) is 4.82. The van der Waals surface area contributed by atoms with E-state index in [-0.39, 0.29) is 0 Å². The molecule has 2 unspecified atom stereocenters. The Kier molecular flexibility index (Phi) is 4.14. The highest BCUT2D eigenvalue weighted by molar-refractivity contribution is 7.99. The second kappa shape index (κ2) is 5.73. The van der Waals surface area contributed by atoms with Crippen LogP contribution in [0.3, 0.4) is 0 Å². The van der Waals surface area contributed by atoms with E-state index in [1.807, 2.05) is 11.8 Å². The summed E-state index contributed by atoms with van der Waals surface area (Å²) in [7, 11) is 0. The van der Waals surface area contributed by atoms with E-state index < -0.39 is 0 Å². The molecule has 1 aromatic rings. The molecule has 1 saturated carbocycles. The fourth-order valence-electron chi connectivity index (χ4n) is 3.11. The maximum atomic E-state index is 3.75. The minimum Gasteiger partial charge on any atom is -0.314 e. The zero-order valence-electron chi connectivity index (χ0n) is 13.0. The summed E-state index contributed by atoms with van der Waals surface area (Å²) >= 11 is 2.04. The molecule has 0 amide bonds. The smallest absolute Gasteiger partial charge is 0.0107 e. The summed E-state index contributed by atoms with van der Waals surface area (Å²) in [5, 5.41) is 3.75. The molecule has 2 aliphatic rings. The lowest BCUT2D eigenvalue weighted by atomic mass is 9.75. The van der Waals surface area contributed by atoms with Crippen LogP contribution in [-0.4, -0.2) is 18.3 Å². The van der Waals surface area contributed by atoms with Crippen molar-refractivity contribution in [1.29, 1.82) is 0 Å². The SMILES string of the molecule is CC(C)(C)C(CNC1CC1)CC1CSc2ccccc21. The van der Waals surface area contributed by atoms with Gasteiger partial charge in [0.2, 0.25) is 0 Å². The Morgan fingerprint density at radius 3 is 2.70 bits per heavy atom. The van der Waals surface area contributed by atoms with Crippen LogP contribution in [0.4, 0.5) is 0 Å². The van der Waals surface area contributed by atoms with Crippen LogP contribution in [0.15, 0.2) is 29.2 Å². The van der Waals surface area contributed by atoms with Gasteiger partial charge in [0, 0.05) is 16.7 Å². The molecule has 2 atom stereocenters. The molecule has 0 saturated heterocycles. The van der Waals surface area contributed by atoms with Gasteiger partial charge in [-0.1, -0.05) is 39.0 Å². The van der Waals surface area contributed by atoms with Gasteiger partial charge in [-0.3, -0.25) is 0 Å². The number of hydrogen-bond donors (Lipinski definition) is 1. The molecule has 1 nitrogen and oxygen atoms in total. The molecule has 2 heteroatoms. The molecule has 3 rings (SSSR count). The van der Waals surface area contributed by atoms with Crippen molar-refractivity contribution in [2.24, 2.45) is 11.3 Å². The monoisotopic (exact) mass is 289 g/mol. The van der Waals surface area contributed by atoms with Crippen LogP contribution in [0.5, 0.6) is 0 Å². The molecule has 1 aromatic carbocycles. The van der Waals surface area contributed by atoms with E-state index in [1.165, 1.54) is 36.5 Å². The Morgan fingerprint density at radius 2 is 2.00 bits per heavy atom. The molecule has 0 spiro atoms. The zero-order chi connectivity index (χ0) is 14.2. The molecule has 1 aliphatic heterocycles. The topological polar surface area (TPSA) is 12.0 Å². The Hall–Kier alpha value is -0.470. The normalized spacial score (nSPS) is 23.6. The van der Waals surface area contributed by atoms with Crippen LogP contribution in [0.1, 0.15) is 51.5 Å². The van der Waals surface area contributed by atoms with E-state index in [2.05, 4.69) is 50.4 Å². The lowest BCUT2D eigenvalue weighted by molar-refractivity contribution is 0.209. The van der Waals surface area contributed by atoms with Crippen molar-refractivity contribution in [3.63, 3.8) is 0 Å². The first kappa shape index (κ1) is 14.5. The standard InChI is InChI=1S/C18H27NS/c1-18(2,3)14(11-19-15-8-9-15)10-13-12-20-17-7-5-4-6-16(13)17/h4-7,13-15,19H,8-12H2,1-3H3. The largest absolute Gasteiger partial charge is 0.314 e. The summed E-state index contributed by atoms with van der Waals surface area (Å²) < 4.78 is 0. The predicted octanol–water partition coefficient (Wildman–Crippen LogP) is 4.68. The fraction of sp³-hybridized carbons (Fsp3) is 0.667. The summed E-state index contributed by atoms with van der Waals surface area (Å²) in [4.78, 5) is 1.51. The van der Waals surface area contributed by atoms with Crippen molar-refractivity contribution < 1.29 is 0 Å². The molecule has 1 N–H and O–H groups in total. The molecule has 0 aromatic heterocycles. The molecule has 0 radical (unpaired) electrons. The third-order valence-corrected chi connectivity index (χ3v) is 6.07. The van der Waals surface area contributed by atoms with Crippen molar-refractivity contribution in [2.45, 2.75) is 56.9 Å². The number of rotatable bonds is 5. The van der Waals surface area contributed by atoms with Gasteiger partial charge in [-0.05, 0) is 54.7 Å². The van der Waals surface area contributed by atoms with Gasteiger partial charge in [0.05, 0.1) is 0 Å². The summed E-state index contributed by atoms with van der Waals surface area (Å²) in [6.07, 6.45) is 4.10. The van der Waals surface area contributed by atoms with Gasteiger partial charge in [-0.15, -0.1) is 11.8 Å². The Balaban J connectivity index is 1.66. The Bertz CT molecular complexity index is 459. The van der Waals surface area contributed by atoms with Crippen molar-refractivity contribution in [1.82, 2.24) is 5.32 Å². The molecule has 1 fully saturated rings. The highest BCUT2D eigenvalue weighted by Gasteiger charge is 2.32. The highest BCUT2D eigenvalue weighted by atomic mass is 32.2. The van der Waals surface area contributed by atoms with E-state index in [0.29, 0.717) is 5.41 Å². The van der Waals surface area contributed by atoms with Crippen molar-refractivity contribution in [3.05, 3.63) is 29.8 Å². The van der Waals surface area contributed by atoms with E-state index >= 15 is 0 Å². The summed E-state index contributed by atoms with van der Waals surface area (Å²) in [6, 6.07) is 9.82. The van der Waals surface area contributed by atoms with Crippen molar-refractivity contribution in [3.8, 4) is 0 Å². The number of fused-ring (bicyclic) bond motifs is 1. The number of hydrogen-bond acceptors (Lipinski definition) is 2. The summed E-state index contributed by atoms with van der Waals surface area (Å²) in [6.45, 7) is 8.40. The van der Waals surface area contributed by atoms with E-state index in [4.69, 9.17) is 0 Å².